The number of ether oxygens (including phenoxy) is 1. The Labute approximate surface area is 118 Å². The maximum absolute atomic E-state index is 14.1. The van der Waals surface area contributed by atoms with E-state index >= 15 is 0 Å². The van der Waals surface area contributed by atoms with E-state index in [0.717, 1.165) is 24.3 Å². The van der Waals surface area contributed by atoms with Gasteiger partial charge in [-0.1, -0.05) is 43.3 Å². The van der Waals surface area contributed by atoms with Crippen LogP contribution < -0.4 is 10.1 Å². The van der Waals surface area contributed by atoms with E-state index in [1.807, 2.05) is 31.2 Å². The van der Waals surface area contributed by atoms with Gasteiger partial charge in [0.25, 0.3) is 0 Å². The second kappa shape index (κ2) is 5.63. The maximum atomic E-state index is 14.1. The van der Waals surface area contributed by atoms with Gasteiger partial charge in [-0.3, -0.25) is 0 Å². The van der Waals surface area contributed by atoms with E-state index in [1.165, 1.54) is 11.6 Å². The zero-order valence-corrected chi connectivity index (χ0v) is 11.5. The summed E-state index contributed by atoms with van der Waals surface area (Å²) in [6.45, 7) is 3.50. The minimum Gasteiger partial charge on any atom is -0.493 e. The van der Waals surface area contributed by atoms with Gasteiger partial charge in [-0.2, -0.15) is 0 Å². The number of hydrogen-bond acceptors (Lipinski definition) is 2. The Morgan fingerprint density at radius 2 is 1.95 bits per heavy atom. The molecule has 0 aliphatic carbocycles. The van der Waals surface area contributed by atoms with E-state index in [4.69, 9.17) is 4.74 Å². The van der Waals surface area contributed by atoms with E-state index in [-0.39, 0.29) is 11.9 Å². The van der Waals surface area contributed by atoms with Gasteiger partial charge in [-0.15, -0.1) is 0 Å². The molecule has 0 aromatic heterocycles. The van der Waals surface area contributed by atoms with Crippen LogP contribution in [-0.2, 0) is 6.42 Å². The molecule has 3 rings (SSSR count). The molecule has 0 spiro atoms. The standard InChI is InChI=1S/C17H18FNO/c1-2-19-16(13-7-3-4-9-15(13)18)14-8-5-6-12-10-11-20-17(12)14/h3-9,16,19H,2,10-11H2,1H3. The van der Waals surface area contributed by atoms with Crippen LogP contribution in [0.4, 0.5) is 4.39 Å². The Morgan fingerprint density at radius 3 is 2.75 bits per heavy atom. The topological polar surface area (TPSA) is 21.3 Å². The quantitative estimate of drug-likeness (QED) is 0.919. The van der Waals surface area contributed by atoms with Gasteiger partial charge in [0.2, 0.25) is 0 Å². The average molecular weight is 271 g/mol. The fourth-order valence-corrected chi connectivity index (χ4v) is 2.77. The molecule has 1 heterocycles. The first-order valence-corrected chi connectivity index (χ1v) is 7.03. The molecule has 2 aromatic carbocycles. The van der Waals surface area contributed by atoms with Crippen molar-refractivity contribution in [3.63, 3.8) is 0 Å². The lowest BCUT2D eigenvalue weighted by atomic mass is 9.95. The van der Waals surface area contributed by atoms with Crippen LogP contribution in [0, 0.1) is 5.82 Å². The molecule has 1 N–H and O–H groups in total. The summed E-state index contributed by atoms with van der Waals surface area (Å²) < 4.78 is 19.9. The first-order chi connectivity index (χ1) is 9.81. The van der Waals surface area contributed by atoms with Crippen LogP contribution in [0.1, 0.15) is 29.7 Å². The van der Waals surface area contributed by atoms with Crippen molar-refractivity contribution in [3.05, 3.63) is 65.0 Å². The van der Waals surface area contributed by atoms with Gasteiger partial charge in [0, 0.05) is 17.5 Å². The Hall–Kier alpha value is -1.87. The number of para-hydroxylation sites is 1. The van der Waals surface area contributed by atoms with Crippen molar-refractivity contribution < 1.29 is 9.13 Å². The first kappa shape index (κ1) is 13.1. The molecule has 3 heteroatoms. The highest BCUT2D eigenvalue weighted by molar-refractivity contribution is 5.48. The lowest BCUT2D eigenvalue weighted by Crippen LogP contribution is -2.23. The van der Waals surface area contributed by atoms with Gasteiger partial charge in [0.15, 0.2) is 0 Å². The molecule has 1 unspecified atom stereocenters. The van der Waals surface area contributed by atoms with Crippen LogP contribution in [-0.4, -0.2) is 13.2 Å². The predicted octanol–water partition coefficient (Wildman–Crippen LogP) is 3.46. The van der Waals surface area contributed by atoms with Gasteiger partial charge in [0.05, 0.1) is 12.6 Å². The number of rotatable bonds is 4. The molecule has 1 aliphatic rings. The third-order valence-electron chi connectivity index (χ3n) is 3.68. The van der Waals surface area contributed by atoms with Crippen LogP contribution in [0.2, 0.25) is 0 Å². The third kappa shape index (κ3) is 2.29. The Bertz CT molecular complexity index is 612. The van der Waals surface area contributed by atoms with Crippen molar-refractivity contribution in [2.45, 2.75) is 19.4 Å². The first-order valence-electron chi connectivity index (χ1n) is 7.03. The molecule has 0 saturated carbocycles. The monoisotopic (exact) mass is 271 g/mol. The van der Waals surface area contributed by atoms with Crippen LogP contribution in [0.3, 0.4) is 0 Å². The predicted molar refractivity (Wildman–Crippen MR) is 77.6 cm³/mol. The summed E-state index contributed by atoms with van der Waals surface area (Å²) in [7, 11) is 0. The lowest BCUT2D eigenvalue weighted by molar-refractivity contribution is 0.350. The number of hydrogen-bond donors (Lipinski definition) is 1. The van der Waals surface area contributed by atoms with Crippen LogP contribution in [0.5, 0.6) is 5.75 Å². The molecule has 1 aliphatic heterocycles. The zero-order chi connectivity index (χ0) is 13.9. The summed E-state index contributed by atoms with van der Waals surface area (Å²) in [6, 6.07) is 12.9. The van der Waals surface area contributed by atoms with Gasteiger partial charge in [-0.25, -0.2) is 4.39 Å². The van der Waals surface area contributed by atoms with Crippen molar-refractivity contribution in [3.8, 4) is 5.75 Å². The largest absolute Gasteiger partial charge is 0.493 e. The van der Waals surface area contributed by atoms with E-state index < -0.39 is 0 Å². The molecular formula is C17H18FNO. The van der Waals surface area contributed by atoms with Crippen molar-refractivity contribution in [1.82, 2.24) is 5.32 Å². The van der Waals surface area contributed by atoms with Gasteiger partial charge < -0.3 is 10.1 Å². The Balaban J connectivity index is 2.08. The summed E-state index contributed by atoms with van der Waals surface area (Å²) in [6.07, 6.45) is 0.930. The molecular weight excluding hydrogens is 253 g/mol. The summed E-state index contributed by atoms with van der Waals surface area (Å²) in [5.74, 6) is 0.732. The summed E-state index contributed by atoms with van der Waals surface area (Å²) in [4.78, 5) is 0. The number of halogens is 1. The average Bonchev–Trinajstić information content (AvgIpc) is 2.94. The molecule has 0 saturated heterocycles. The second-order valence-corrected chi connectivity index (χ2v) is 4.95. The molecule has 1 atom stereocenters. The lowest BCUT2D eigenvalue weighted by Gasteiger charge is -2.21. The highest BCUT2D eigenvalue weighted by Gasteiger charge is 2.24. The Kier molecular flexibility index (Phi) is 3.70. The van der Waals surface area contributed by atoms with Gasteiger partial charge in [-0.05, 0) is 18.2 Å². The smallest absolute Gasteiger partial charge is 0.128 e. The van der Waals surface area contributed by atoms with Gasteiger partial charge in [0.1, 0.15) is 11.6 Å². The molecule has 2 nitrogen and oxygen atoms in total. The Morgan fingerprint density at radius 1 is 1.15 bits per heavy atom. The minimum absolute atomic E-state index is 0.172. The molecule has 0 bridgehead atoms. The van der Waals surface area contributed by atoms with Crippen LogP contribution in [0.15, 0.2) is 42.5 Å². The van der Waals surface area contributed by atoms with Crippen molar-refractivity contribution in [2.24, 2.45) is 0 Å². The summed E-state index contributed by atoms with van der Waals surface area (Å²) >= 11 is 0. The molecule has 104 valence electrons. The zero-order valence-electron chi connectivity index (χ0n) is 11.5. The summed E-state index contributed by atoms with van der Waals surface area (Å²) in [5, 5.41) is 3.37. The fraction of sp³-hybridized carbons (Fsp3) is 0.294. The van der Waals surface area contributed by atoms with E-state index in [1.54, 1.807) is 6.07 Å². The minimum atomic E-state index is -0.186. The fourth-order valence-electron chi connectivity index (χ4n) is 2.77. The van der Waals surface area contributed by atoms with Crippen molar-refractivity contribution >= 4 is 0 Å². The number of benzene rings is 2. The third-order valence-corrected chi connectivity index (χ3v) is 3.68. The molecule has 0 amide bonds. The van der Waals surface area contributed by atoms with Crippen LogP contribution in [0.25, 0.3) is 0 Å². The highest BCUT2D eigenvalue weighted by atomic mass is 19.1. The molecule has 0 fully saturated rings. The molecule has 2 aromatic rings. The maximum Gasteiger partial charge on any atom is 0.128 e. The number of fused-ring (bicyclic) bond motifs is 1. The van der Waals surface area contributed by atoms with E-state index in [9.17, 15) is 4.39 Å². The second-order valence-electron chi connectivity index (χ2n) is 4.95. The molecule has 20 heavy (non-hydrogen) atoms. The van der Waals surface area contributed by atoms with Crippen molar-refractivity contribution in [2.75, 3.05) is 13.2 Å². The number of nitrogens with one attached hydrogen (secondary N) is 1. The van der Waals surface area contributed by atoms with Crippen molar-refractivity contribution in [1.29, 1.82) is 0 Å². The van der Waals surface area contributed by atoms with Gasteiger partial charge >= 0.3 is 0 Å². The van der Waals surface area contributed by atoms with E-state index in [2.05, 4.69) is 11.4 Å². The van der Waals surface area contributed by atoms with E-state index in [0.29, 0.717) is 12.2 Å². The highest BCUT2D eigenvalue weighted by Crippen LogP contribution is 2.36. The summed E-state index contributed by atoms with van der Waals surface area (Å²) in [5.41, 5.74) is 2.90. The normalized spacial score (nSPS) is 14.7. The van der Waals surface area contributed by atoms with Crippen LogP contribution >= 0.6 is 0 Å². The molecule has 0 radical (unpaired) electrons. The SMILES string of the molecule is CCNC(c1ccccc1F)c1cccc2c1OCC2.